The van der Waals surface area contributed by atoms with Crippen molar-refractivity contribution in [3.63, 3.8) is 0 Å². The summed E-state index contributed by atoms with van der Waals surface area (Å²) in [6, 6.07) is 5.21. The van der Waals surface area contributed by atoms with Crippen LogP contribution in [0.5, 0.6) is 0 Å². The van der Waals surface area contributed by atoms with Crippen molar-refractivity contribution in [1.82, 2.24) is 9.55 Å². The zero-order chi connectivity index (χ0) is 11.8. The van der Waals surface area contributed by atoms with Crippen LogP contribution in [-0.2, 0) is 10.6 Å². The lowest BCUT2D eigenvalue weighted by atomic mass is 10.2. The molecule has 1 saturated heterocycles. The molecule has 0 N–H and O–H groups in total. The lowest BCUT2D eigenvalue weighted by molar-refractivity contribution is 0.187. The number of imidazole rings is 1. The molecular formula is C12H12ClFN2O. The molecule has 1 aromatic carbocycles. The quantitative estimate of drug-likeness (QED) is 0.771. The van der Waals surface area contributed by atoms with E-state index in [0.29, 0.717) is 17.9 Å². The van der Waals surface area contributed by atoms with Crippen LogP contribution in [0, 0.1) is 5.82 Å². The molecule has 17 heavy (non-hydrogen) atoms. The summed E-state index contributed by atoms with van der Waals surface area (Å²) in [5.41, 5.74) is 1.20. The first-order chi connectivity index (χ1) is 8.31. The van der Waals surface area contributed by atoms with Gasteiger partial charge in [-0.25, -0.2) is 9.37 Å². The van der Waals surface area contributed by atoms with Gasteiger partial charge in [0.1, 0.15) is 11.3 Å². The van der Waals surface area contributed by atoms with E-state index < -0.39 is 0 Å². The second kappa shape index (κ2) is 4.27. The maximum atomic E-state index is 13.7. The van der Waals surface area contributed by atoms with Crippen LogP contribution < -0.4 is 0 Å². The standard InChI is InChI=1S/C12H12ClFN2O/c13-6-11-15-12-9(14)2-1-3-10(12)16(11)8-4-5-17-7-8/h1-3,8H,4-7H2. The van der Waals surface area contributed by atoms with Crippen molar-refractivity contribution >= 4 is 22.6 Å². The predicted octanol–water partition coefficient (Wildman–Crippen LogP) is 2.88. The average Bonchev–Trinajstić information content (AvgIpc) is 2.94. The van der Waals surface area contributed by atoms with Gasteiger partial charge in [0.2, 0.25) is 0 Å². The maximum Gasteiger partial charge on any atom is 0.151 e. The number of fused-ring (bicyclic) bond motifs is 1. The minimum atomic E-state index is -0.300. The molecule has 0 aliphatic carbocycles. The molecule has 5 heteroatoms. The van der Waals surface area contributed by atoms with Crippen molar-refractivity contribution in [3.05, 3.63) is 29.8 Å². The van der Waals surface area contributed by atoms with E-state index in [-0.39, 0.29) is 17.7 Å². The average molecular weight is 255 g/mol. The van der Waals surface area contributed by atoms with Gasteiger partial charge in [-0.15, -0.1) is 11.6 Å². The van der Waals surface area contributed by atoms with Crippen molar-refractivity contribution in [2.45, 2.75) is 18.3 Å². The molecule has 1 aromatic heterocycles. The third kappa shape index (κ3) is 1.72. The highest BCUT2D eigenvalue weighted by molar-refractivity contribution is 6.16. The van der Waals surface area contributed by atoms with Gasteiger partial charge in [0, 0.05) is 6.61 Å². The fraction of sp³-hybridized carbons (Fsp3) is 0.417. The zero-order valence-electron chi connectivity index (χ0n) is 9.20. The highest BCUT2D eigenvalue weighted by Crippen LogP contribution is 2.28. The molecule has 2 aromatic rings. The molecular weight excluding hydrogens is 243 g/mol. The van der Waals surface area contributed by atoms with Crippen molar-refractivity contribution in [2.75, 3.05) is 13.2 Å². The SMILES string of the molecule is Fc1cccc2c1nc(CCl)n2C1CCOC1. The zero-order valence-corrected chi connectivity index (χ0v) is 9.95. The Hall–Kier alpha value is -1.13. The molecule has 0 saturated carbocycles. The second-order valence-corrected chi connectivity index (χ2v) is 4.42. The fourth-order valence-corrected chi connectivity index (χ4v) is 2.55. The Bertz CT molecular complexity index is 549. The monoisotopic (exact) mass is 254 g/mol. The van der Waals surface area contributed by atoms with Crippen molar-refractivity contribution in [3.8, 4) is 0 Å². The van der Waals surface area contributed by atoms with Gasteiger partial charge in [0.05, 0.1) is 24.0 Å². The van der Waals surface area contributed by atoms with E-state index in [2.05, 4.69) is 4.98 Å². The Morgan fingerprint density at radius 1 is 1.53 bits per heavy atom. The molecule has 0 amide bonds. The van der Waals surface area contributed by atoms with Gasteiger partial charge in [0.15, 0.2) is 5.82 Å². The van der Waals surface area contributed by atoms with Gasteiger partial charge >= 0.3 is 0 Å². The Morgan fingerprint density at radius 2 is 2.41 bits per heavy atom. The summed E-state index contributed by atoms with van der Waals surface area (Å²) in [6.07, 6.45) is 0.922. The van der Waals surface area contributed by atoms with E-state index in [0.717, 1.165) is 18.5 Å². The van der Waals surface area contributed by atoms with Crippen LogP contribution in [0.25, 0.3) is 11.0 Å². The van der Waals surface area contributed by atoms with E-state index in [1.54, 1.807) is 6.07 Å². The summed E-state index contributed by atoms with van der Waals surface area (Å²) in [5, 5.41) is 0. The predicted molar refractivity (Wildman–Crippen MR) is 63.7 cm³/mol. The van der Waals surface area contributed by atoms with Crippen LogP contribution in [0.15, 0.2) is 18.2 Å². The first kappa shape index (κ1) is 11.0. The molecule has 2 heterocycles. The third-order valence-corrected chi connectivity index (χ3v) is 3.37. The second-order valence-electron chi connectivity index (χ2n) is 4.16. The van der Waals surface area contributed by atoms with Crippen LogP contribution in [-0.4, -0.2) is 22.8 Å². The summed E-state index contributed by atoms with van der Waals surface area (Å²) in [5.74, 6) is 0.693. The number of benzene rings is 1. The van der Waals surface area contributed by atoms with Crippen molar-refractivity contribution < 1.29 is 9.13 Å². The molecule has 0 radical (unpaired) electrons. The first-order valence-electron chi connectivity index (χ1n) is 5.60. The summed E-state index contributed by atoms with van der Waals surface area (Å²) < 4.78 is 21.0. The van der Waals surface area contributed by atoms with Crippen LogP contribution in [0.4, 0.5) is 4.39 Å². The van der Waals surface area contributed by atoms with Crippen LogP contribution in [0.2, 0.25) is 0 Å². The number of ether oxygens (including phenoxy) is 1. The Labute approximate surface area is 103 Å². The van der Waals surface area contributed by atoms with Gasteiger partial charge in [-0.3, -0.25) is 0 Å². The van der Waals surface area contributed by atoms with Gasteiger partial charge in [0.25, 0.3) is 0 Å². The van der Waals surface area contributed by atoms with Gasteiger partial charge in [-0.05, 0) is 18.6 Å². The summed E-state index contributed by atoms with van der Waals surface area (Å²) in [7, 11) is 0. The molecule has 1 fully saturated rings. The molecule has 0 bridgehead atoms. The highest BCUT2D eigenvalue weighted by Gasteiger charge is 2.23. The van der Waals surface area contributed by atoms with Crippen LogP contribution in [0.1, 0.15) is 18.3 Å². The molecule has 3 nitrogen and oxygen atoms in total. The van der Waals surface area contributed by atoms with Crippen LogP contribution in [0.3, 0.4) is 0 Å². The number of para-hydroxylation sites is 1. The lowest BCUT2D eigenvalue weighted by Gasteiger charge is -2.13. The van der Waals surface area contributed by atoms with Crippen molar-refractivity contribution in [2.24, 2.45) is 0 Å². The summed E-state index contributed by atoms with van der Waals surface area (Å²) >= 11 is 5.89. The molecule has 90 valence electrons. The molecule has 0 spiro atoms. The number of rotatable bonds is 2. The third-order valence-electron chi connectivity index (χ3n) is 3.13. The number of nitrogens with zero attached hydrogens (tertiary/aromatic N) is 2. The molecule has 1 aliphatic rings. The Morgan fingerprint density at radius 3 is 3.12 bits per heavy atom. The number of halogens is 2. The van der Waals surface area contributed by atoms with Gasteiger partial charge < -0.3 is 9.30 Å². The summed E-state index contributed by atoms with van der Waals surface area (Å²) in [6.45, 7) is 1.38. The number of aromatic nitrogens is 2. The van der Waals surface area contributed by atoms with Crippen LogP contribution >= 0.6 is 11.6 Å². The minimum absolute atomic E-state index is 0.218. The minimum Gasteiger partial charge on any atom is -0.379 e. The van der Waals surface area contributed by atoms with Crippen molar-refractivity contribution in [1.29, 1.82) is 0 Å². The molecule has 3 rings (SSSR count). The summed E-state index contributed by atoms with van der Waals surface area (Å²) in [4.78, 5) is 4.28. The molecule has 1 aliphatic heterocycles. The first-order valence-corrected chi connectivity index (χ1v) is 6.13. The maximum absolute atomic E-state index is 13.7. The molecule has 1 atom stereocenters. The topological polar surface area (TPSA) is 27.1 Å². The number of hydrogen-bond acceptors (Lipinski definition) is 2. The van der Waals surface area contributed by atoms with E-state index in [1.807, 2.05) is 10.6 Å². The smallest absolute Gasteiger partial charge is 0.151 e. The highest BCUT2D eigenvalue weighted by atomic mass is 35.5. The number of hydrogen-bond donors (Lipinski definition) is 0. The van der Waals surface area contributed by atoms with E-state index in [1.165, 1.54) is 6.07 Å². The normalized spacial score (nSPS) is 20.2. The van der Waals surface area contributed by atoms with E-state index in [9.17, 15) is 4.39 Å². The van der Waals surface area contributed by atoms with E-state index >= 15 is 0 Å². The molecule has 1 unspecified atom stereocenters. The fourth-order valence-electron chi connectivity index (χ4n) is 2.36. The van der Waals surface area contributed by atoms with E-state index in [4.69, 9.17) is 16.3 Å². The Balaban J connectivity index is 2.22. The van der Waals surface area contributed by atoms with Gasteiger partial charge in [-0.1, -0.05) is 6.07 Å². The van der Waals surface area contributed by atoms with Gasteiger partial charge in [-0.2, -0.15) is 0 Å². The Kier molecular flexibility index (Phi) is 2.76. The largest absolute Gasteiger partial charge is 0.379 e. The number of alkyl halides is 1. The lowest BCUT2D eigenvalue weighted by Crippen LogP contribution is -2.11.